The van der Waals surface area contributed by atoms with Crippen molar-refractivity contribution >= 4 is 22.5 Å². The van der Waals surface area contributed by atoms with Crippen LogP contribution in [0.15, 0.2) is 91.0 Å². The zero-order chi connectivity index (χ0) is 16.2. The minimum absolute atomic E-state index is 0.586. The molecule has 1 aliphatic rings. The van der Waals surface area contributed by atoms with Gasteiger partial charge < -0.3 is 0 Å². The first kappa shape index (κ1) is 14.9. The zero-order valence-corrected chi connectivity index (χ0v) is 13.7. The Balaban J connectivity index is 2.01. The molecule has 0 atom stereocenters. The van der Waals surface area contributed by atoms with Crippen molar-refractivity contribution in [2.24, 2.45) is 5.92 Å². The molecule has 0 nitrogen and oxygen atoms in total. The van der Waals surface area contributed by atoms with E-state index in [2.05, 4.69) is 103 Å². The van der Waals surface area contributed by atoms with Gasteiger partial charge in [0.1, 0.15) is 6.15 Å². The summed E-state index contributed by atoms with van der Waals surface area (Å²) >= 11 is 0. The standard InChI is InChI=1S/C23H20B/c1-4-10-21(11-5-1)24(19-18-20-16-17-20,22-12-6-2-7-13-22)23-14-8-3-9-15-23/h1-15,20H,16-17H2/q-1. The molecule has 1 aliphatic carbocycles. The van der Waals surface area contributed by atoms with Gasteiger partial charge in [0.2, 0.25) is 0 Å². The van der Waals surface area contributed by atoms with E-state index >= 15 is 0 Å². The van der Waals surface area contributed by atoms with Gasteiger partial charge in [0.05, 0.1) is 0 Å². The smallest absolute Gasteiger partial charge is 0.149 e. The quantitative estimate of drug-likeness (QED) is 0.515. The third-order valence-corrected chi connectivity index (χ3v) is 4.98. The molecule has 0 spiro atoms. The Morgan fingerprint density at radius 3 is 1.29 bits per heavy atom. The van der Waals surface area contributed by atoms with Crippen LogP contribution < -0.4 is 16.4 Å². The molecule has 4 rings (SSSR count). The van der Waals surface area contributed by atoms with Crippen LogP contribution in [0.4, 0.5) is 0 Å². The van der Waals surface area contributed by atoms with Crippen molar-refractivity contribution in [1.29, 1.82) is 0 Å². The van der Waals surface area contributed by atoms with Crippen LogP contribution in [0.1, 0.15) is 12.8 Å². The van der Waals surface area contributed by atoms with Crippen LogP contribution in [0.2, 0.25) is 0 Å². The highest BCUT2D eigenvalue weighted by Crippen LogP contribution is 2.27. The maximum absolute atomic E-state index is 3.76. The first-order valence-corrected chi connectivity index (χ1v) is 8.74. The molecular formula is C23H20B-. The van der Waals surface area contributed by atoms with Crippen LogP contribution >= 0.6 is 0 Å². The molecule has 0 heterocycles. The van der Waals surface area contributed by atoms with E-state index in [-0.39, 0.29) is 0 Å². The van der Waals surface area contributed by atoms with E-state index in [1.165, 1.54) is 29.2 Å². The molecule has 1 fully saturated rings. The topological polar surface area (TPSA) is 0 Å². The maximum atomic E-state index is 3.76. The molecule has 0 aromatic heterocycles. The summed E-state index contributed by atoms with van der Waals surface area (Å²) in [5.74, 6) is 7.91. The van der Waals surface area contributed by atoms with Crippen LogP contribution in [0.25, 0.3) is 0 Å². The average molecular weight is 307 g/mol. The first-order valence-electron chi connectivity index (χ1n) is 8.74. The molecule has 1 heteroatoms. The fraction of sp³-hybridized carbons (Fsp3) is 0.130. The van der Waals surface area contributed by atoms with Gasteiger partial charge in [0.15, 0.2) is 0 Å². The van der Waals surface area contributed by atoms with E-state index in [9.17, 15) is 0 Å². The Labute approximate surface area is 144 Å². The summed E-state index contributed by atoms with van der Waals surface area (Å²) in [7, 11) is 0. The highest BCUT2D eigenvalue weighted by atomic mass is 14.2. The molecule has 3 aromatic rings. The Bertz CT molecular complexity index is 757. The summed E-state index contributed by atoms with van der Waals surface area (Å²) in [5.41, 5.74) is 3.88. The normalized spacial score (nSPS) is 13.8. The second-order valence-corrected chi connectivity index (χ2v) is 6.66. The highest BCUT2D eigenvalue weighted by molar-refractivity contribution is 7.16. The van der Waals surface area contributed by atoms with Crippen molar-refractivity contribution in [3.05, 3.63) is 91.0 Å². The number of hydrogen-bond acceptors (Lipinski definition) is 0. The molecule has 0 unspecified atom stereocenters. The van der Waals surface area contributed by atoms with Crippen molar-refractivity contribution in [3.63, 3.8) is 0 Å². The van der Waals surface area contributed by atoms with Gasteiger partial charge in [-0.3, -0.25) is 5.82 Å². The molecule has 0 radical (unpaired) electrons. The van der Waals surface area contributed by atoms with Gasteiger partial charge >= 0.3 is 0 Å². The van der Waals surface area contributed by atoms with E-state index in [0.29, 0.717) is 5.92 Å². The van der Waals surface area contributed by atoms with Crippen molar-refractivity contribution in [1.82, 2.24) is 0 Å². The van der Waals surface area contributed by atoms with E-state index < -0.39 is 6.15 Å². The van der Waals surface area contributed by atoms with E-state index in [0.717, 1.165) is 0 Å². The Kier molecular flexibility index (Phi) is 3.97. The second-order valence-electron chi connectivity index (χ2n) is 6.66. The zero-order valence-electron chi connectivity index (χ0n) is 13.7. The summed E-state index contributed by atoms with van der Waals surface area (Å²) in [5, 5.41) is 0. The van der Waals surface area contributed by atoms with Gasteiger partial charge in [-0.1, -0.05) is 91.0 Å². The third-order valence-electron chi connectivity index (χ3n) is 4.98. The van der Waals surface area contributed by atoms with Gasteiger partial charge in [-0.25, -0.2) is 0 Å². The van der Waals surface area contributed by atoms with E-state index in [1.54, 1.807) is 0 Å². The van der Waals surface area contributed by atoms with E-state index in [1.807, 2.05) is 0 Å². The fourth-order valence-corrected chi connectivity index (χ4v) is 3.52. The largest absolute Gasteiger partial charge is 0.297 e. The Morgan fingerprint density at radius 1 is 0.583 bits per heavy atom. The molecule has 1 saturated carbocycles. The van der Waals surface area contributed by atoms with Gasteiger partial charge in [-0.15, -0.1) is 5.92 Å². The lowest BCUT2D eigenvalue weighted by atomic mass is 9.16. The molecule has 0 amide bonds. The monoisotopic (exact) mass is 307 g/mol. The first-order chi connectivity index (χ1) is 11.9. The Hall–Kier alpha value is -2.72. The molecule has 0 aliphatic heterocycles. The molecule has 0 bridgehead atoms. The number of hydrogen-bond donors (Lipinski definition) is 0. The van der Waals surface area contributed by atoms with Gasteiger partial charge in [-0.05, 0) is 12.8 Å². The highest BCUT2D eigenvalue weighted by Gasteiger charge is 2.28. The SMILES string of the molecule is C(#C[B-](c1ccccc1)(c1ccccc1)c1ccccc1)C1CC1. The third kappa shape index (κ3) is 2.77. The van der Waals surface area contributed by atoms with Crippen LogP contribution in [0.3, 0.4) is 0 Å². The lowest BCUT2D eigenvalue weighted by molar-refractivity contribution is 1.18. The maximum Gasteiger partial charge on any atom is 0.149 e. The Morgan fingerprint density at radius 2 is 0.958 bits per heavy atom. The molecule has 116 valence electrons. The number of rotatable bonds is 3. The summed E-state index contributed by atoms with van der Waals surface area (Å²) in [4.78, 5) is 0. The lowest BCUT2D eigenvalue weighted by Gasteiger charge is -2.38. The minimum atomic E-state index is -1.26. The number of benzene rings is 3. The molecule has 3 aromatic carbocycles. The lowest BCUT2D eigenvalue weighted by Crippen LogP contribution is -2.66. The summed E-state index contributed by atoms with van der Waals surface area (Å²) in [6.07, 6.45) is 1.23. The van der Waals surface area contributed by atoms with Crippen LogP contribution in [-0.2, 0) is 0 Å². The predicted octanol–water partition coefficient (Wildman–Crippen LogP) is 3.11. The van der Waals surface area contributed by atoms with Crippen molar-refractivity contribution in [3.8, 4) is 11.7 Å². The van der Waals surface area contributed by atoms with Gasteiger partial charge in [0.25, 0.3) is 0 Å². The van der Waals surface area contributed by atoms with Crippen LogP contribution in [0.5, 0.6) is 0 Å². The van der Waals surface area contributed by atoms with Crippen LogP contribution in [-0.4, -0.2) is 6.15 Å². The van der Waals surface area contributed by atoms with Crippen molar-refractivity contribution < 1.29 is 0 Å². The van der Waals surface area contributed by atoms with Crippen LogP contribution in [0, 0.1) is 17.7 Å². The molecule has 0 N–H and O–H groups in total. The minimum Gasteiger partial charge on any atom is -0.297 e. The average Bonchev–Trinajstić information content (AvgIpc) is 3.50. The molecule has 0 saturated heterocycles. The summed E-state index contributed by atoms with van der Waals surface area (Å²) < 4.78 is 0. The molecule has 24 heavy (non-hydrogen) atoms. The van der Waals surface area contributed by atoms with Gasteiger partial charge in [0, 0.05) is 5.92 Å². The second kappa shape index (κ2) is 6.42. The fourth-order valence-electron chi connectivity index (χ4n) is 3.52. The summed E-state index contributed by atoms with van der Waals surface area (Å²) in [6, 6.07) is 32.3. The summed E-state index contributed by atoms with van der Waals surface area (Å²) in [6.45, 7) is 0. The van der Waals surface area contributed by atoms with Crippen molar-refractivity contribution in [2.45, 2.75) is 12.8 Å². The van der Waals surface area contributed by atoms with Crippen molar-refractivity contribution in [2.75, 3.05) is 0 Å². The van der Waals surface area contributed by atoms with Gasteiger partial charge in [-0.2, -0.15) is 16.4 Å². The molecular weight excluding hydrogens is 287 g/mol. The predicted molar refractivity (Wildman–Crippen MR) is 104 cm³/mol. The van der Waals surface area contributed by atoms with E-state index in [4.69, 9.17) is 0 Å².